The number of carbonyl (C=O) groups is 1. The lowest BCUT2D eigenvalue weighted by Crippen LogP contribution is -2.60. The molecule has 12 nitrogen and oxygen atoms in total. The van der Waals surface area contributed by atoms with Crippen LogP contribution in [0.4, 0.5) is 0 Å². The standard InChI is InChI=1S/C21H22O12/c22-6-13-15(26)17(28)19(30)21(33-13)31-8-4-11(25)14-12(5-8)32-20(18(29)16(14)27)7-1-2-9(23)10(24)3-7/h1-5,13,15,17-26,28-30H,6H2/t13-,15-,17-,18-,19-,20-,21+/m0/s1. The first-order chi connectivity index (χ1) is 15.6. The Balaban J connectivity index is 1.64. The van der Waals surface area contributed by atoms with Crippen LogP contribution in [0.25, 0.3) is 0 Å². The highest BCUT2D eigenvalue weighted by Crippen LogP contribution is 2.43. The quantitative estimate of drug-likeness (QED) is 0.246. The number of hydrogen-bond acceptors (Lipinski definition) is 12. The van der Waals surface area contributed by atoms with Crippen LogP contribution in [0.2, 0.25) is 0 Å². The summed E-state index contributed by atoms with van der Waals surface area (Å²) < 4.78 is 16.4. The van der Waals surface area contributed by atoms with Gasteiger partial charge in [-0.1, -0.05) is 6.07 Å². The van der Waals surface area contributed by atoms with Gasteiger partial charge in [-0.2, -0.15) is 0 Å². The van der Waals surface area contributed by atoms with Crippen LogP contribution in [-0.4, -0.2) is 90.1 Å². The topological polar surface area (TPSA) is 207 Å². The number of phenolic OH excluding ortho intramolecular Hbond substituents is 3. The van der Waals surface area contributed by atoms with Crippen LogP contribution < -0.4 is 9.47 Å². The number of aromatic hydroxyl groups is 3. The maximum absolute atomic E-state index is 12.7. The van der Waals surface area contributed by atoms with E-state index in [0.717, 1.165) is 18.2 Å². The van der Waals surface area contributed by atoms with Gasteiger partial charge in [0, 0.05) is 12.1 Å². The summed E-state index contributed by atoms with van der Waals surface area (Å²) in [5.41, 5.74) is -0.167. The molecule has 8 N–H and O–H groups in total. The van der Waals surface area contributed by atoms with Crippen LogP contribution in [0.1, 0.15) is 22.0 Å². The Morgan fingerprint density at radius 3 is 2.27 bits per heavy atom. The SMILES string of the molecule is O=C1c2c(O)cc(O[C@@H]3O[C@@H](CO)[C@H](O)[C@H](O)[C@@H]3O)cc2O[C@@H](c2ccc(O)c(O)c2)[C@H]1O. The van der Waals surface area contributed by atoms with Crippen molar-refractivity contribution in [2.24, 2.45) is 0 Å². The molecule has 0 unspecified atom stereocenters. The third-order valence-corrected chi connectivity index (χ3v) is 5.54. The maximum Gasteiger partial charge on any atom is 0.229 e. The highest BCUT2D eigenvalue weighted by molar-refractivity contribution is 6.05. The molecule has 2 aromatic rings. The molecule has 0 aromatic heterocycles. The zero-order valence-corrected chi connectivity index (χ0v) is 16.8. The molecule has 178 valence electrons. The van der Waals surface area contributed by atoms with Crippen molar-refractivity contribution in [1.82, 2.24) is 0 Å². The fraction of sp³-hybridized carbons (Fsp3) is 0.381. The first kappa shape index (κ1) is 23.0. The minimum absolute atomic E-state index is 0.160. The Morgan fingerprint density at radius 1 is 0.879 bits per heavy atom. The molecule has 0 spiro atoms. The summed E-state index contributed by atoms with van der Waals surface area (Å²) in [6, 6.07) is 5.76. The fourth-order valence-electron chi connectivity index (χ4n) is 3.74. The number of carbonyl (C=O) groups excluding carboxylic acids is 1. The lowest BCUT2D eigenvalue weighted by Gasteiger charge is -2.39. The first-order valence-corrected chi connectivity index (χ1v) is 9.87. The van der Waals surface area contributed by atoms with Crippen molar-refractivity contribution in [2.75, 3.05) is 6.61 Å². The Kier molecular flexibility index (Phi) is 6.05. The highest BCUT2D eigenvalue weighted by Gasteiger charge is 2.45. The molecule has 2 aromatic carbocycles. The van der Waals surface area contributed by atoms with Gasteiger partial charge in [0.25, 0.3) is 0 Å². The Labute approximate surface area is 186 Å². The highest BCUT2D eigenvalue weighted by atomic mass is 16.7. The van der Waals surface area contributed by atoms with Crippen LogP contribution in [-0.2, 0) is 4.74 Å². The zero-order chi connectivity index (χ0) is 24.0. The summed E-state index contributed by atoms with van der Waals surface area (Å²) in [6.07, 6.45) is -10.8. The summed E-state index contributed by atoms with van der Waals surface area (Å²) in [7, 11) is 0. The largest absolute Gasteiger partial charge is 0.507 e. The van der Waals surface area contributed by atoms with E-state index in [1.54, 1.807) is 0 Å². The molecule has 0 amide bonds. The van der Waals surface area contributed by atoms with E-state index in [-0.39, 0.29) is 22.6 Å². The van der Waals surface area contributed by atoms with Gasteiger partial charge in [0.2, 0.25) is 12.1 Å². The number of aliphatic hydroxyl groups excluding tert-OH is 5. The van der Waals surface area contributed by atoms with Gasteiger partial charge in [0.05, 0.1) is 6.61 Å². The minimum atomic E-state index is -1.73. The molecule has 4 rings (SSSR count). The summed E-state index contributed by atoms with van der Waals surface area (Å²) in [4.78, 5) is 12.7. The number of benzene rings is 2. The zero-order valence-electron chi connectivity index (χ0n) is 16.8. The molecule has 2 aliphatic rings. The second-order valence-corrected chi connectivity index (χ2v) is 7.73. The van der Waals surface area contributed by atoms with Crippen molar-refractivity contribution in [3.63, 3.8) is 0 Å². The molecular weight excluding hydrogens is 444 g/mol. The molecule has 2 heterocycles. The molecule has 1 fully saturated rings. The number of Topliss-reactive ketones (excluding diaryl/α,β-unsaturated/α-hetero) is 1. The van der Waals surface area contributed by atoms with Crippen molar-refractivity contribution in [2.45, 2.75) is 42.9 Å². The summed E-state index contributed by atoms with van der Waals surface area (Å²) >= 11 is 0. The molecule has 0 radical (unpaired) electrons. The molecule has 2 aliphatic heterocycles. The van der Waals surface area contributed by atoms with E-state index in [1.807, 2.05) is 0 Å². The predicted octanol–water partition coefficient (Wildman–Crippen LogP) is -1.34. The molecular formula is C21H22O12. The molecule has 7 atom stereocenters. The van der Waals surface area contributed by atoms with Gasteiger partial charge in [-0.15, -0.1) is 0 Å². The van der Waals surface area contributed by atoms with Crippen LogP contribution in [0.5, 0.6) is 28.7 Å². The normalized spacial score (nSPS) is 31.5. The monoisotopic (exact) mass is 466 g/mol. The Morgan fingerprint density at radius 2 is 1.61 bits per heavy atom. The van der Waals surface area contributed by atoms with Gasteiger partial charge in [-0.3, -0.25) is 4.79 Å². The minimum Gasteiger partial charge on any atom is -0.507 e. The van der Waals surface area contributed by atoms with Gasteiger partial charge >= 0.3 is 0 Å². The number of ether oxygens (including phenoxy) is 3. The summed E-state index contributed by atoms with van der Waals surface area (Å²) in [5.74, 6) is -2.74. The van der Waals surface area contributed by atoms with Crippen LogP contribution in [0, 0.1) is 0 Å². The lowest BCUT2D eigenvalue weighted by atomic mass is 9.92. The number of hydrogen-bond donors (Lipinski definition) is 8. The average Bonchev–Trinajstić information content (AvgIpc) is 2.78. The van der Waals surface area contributed by atoms with Gasteiger partial charge in [0.15, 0.2) is 23.7 Å². The van der Waals surface area contributed by atoms with Crippen LogP contribution in [0.3, 0.4) is 0 Å². The van der Waals surface area contributed by atoms with E-state index in [2.05, 4.69) is 0 Å². The van der Waals surface area contributed by atoms with Crippen molar-refractivity contribution >= 4 is 5.78 Å². The number of aliphatic hydroxyl groups is 5. The van der Waals surface area contributed by atoms with Gasteiger partial charge in [-0.25, -0.2) is 0 Å². The number of fused-ring (bicyclic) bond motifs is 1. The van der Waals surface area contributed by atoms with Crippen molar-refractivity contribution in [3.05, 3.63) is 41.5 Å². The third-order valence-electron chi connectivity index (χ3n) is 5.54. The van der Waals surface area contributed by atoms with E-state index < -0.39 is 72.6 Å². The van der Waals surface area contributed by atoms with E-state index in [0.29, 0.717) is 0 Å². The van der Waals surface area contributed by atoms with Gasteiger partial charge in [-0.05, 0) is 17.7 Å². The second-order valence-electron chi connectivity index (χ2n) is 7.73. The molecule has 1 saturated heterocycles. The smallest absolute Gasteiger partial charge is 0.229 e. The predicted molar refractivity (Wildman–Crippen MR) is 106 cm³/mol. The number of rotatable bonds is 4. The second kappa shape index (κ2) is 8.67. The van der Waals surface area contributed by atoms with Gasteiger partial charge in [0.1, 0.15) is 47.2 Å². The third kappa shape index (κ3) is 4.04. The first-order valence-electron chi connectivity index (χ1n) is 9.87. The van der Waals surface area contributed by atoms with Crippen LogP contribution >= 0.6 is 0 Å². The van der Waals surface area contributed by atoms with E-state index in [9.17, 15) is 45.6 Å². The average molecular weight is 466 g/mol. The van der Waals surface area contributed by atoms with Crippen molar-refractivity contribution in [1.29, 1.82) is 0 Å². The molecule has 0 aliphatic carbocycles. The molecule has 0 saturated carbocycles. The van der Waals surface area contributed by atoms with E-state index in [4.69, 9.17) is 14.2 Å². The Hall–Kier alpha value is -3.13. The molecule has 33 heavy (non-hydrogen) atoms. The number of ketones is 1. The maximum atomic E-state index is 12.7. The van der Waals surface area contributed by atoms with Gasteiger partial charge < -0.3 is 55.1 Å². The van der Waals surface area contributed by atoms with E-state index >= 15 is 0 Å². The number of phenols is 3. The van der Waals surface area contributed by atoms with E-state index in [1.165, 1.54) is 12.1 Å². The summed E-state index contributed by atoms with van der Waals surface area (Å²) in [6.45, 7) is -0.670. The Bertz CT molecular complexity index is 1050. The summed E-state index contributed by atoms with van der Waals surface area (Å²) in [5, 5.41) is 79.2. The van der Waals surface area contributed by atoms with Crippen LogP contribution in [0.15, 0.2) is 30.3 Å². The molecule has 12 heteroatoms. The van der Waals surface area contributed by atoms with Crippen molar-refractivity contribution < 1.29 is 59.9 Å². The lowest BCUT2D eigenvalue weighted by molar-refractivity contribution is -0.277. The van der Waals surface area contributed by atoms with Crippen molar-refractivity contribution in [3.8, 4) is 28.7 Å². The fourth-order valence-corrected chi connectivity index (χ4v) is 3.74. The molecule has 0 bridgehead atoms.